The minimum absolute atomic E-state index is 0.00387. The summed E-state index contributed by atoms with van der Waals surface area (Å²) in [5, 5.41) is 36.3. The number of hydrogen-bond acceptors (Lipinski definition) is 13. The van der Waals surface area contributed by atoms with Crippen molar-refractivity contribution >= 4 is 23.4 Å². The number of pyridine rings is 1. The molecule has 2 N–H and O–H groups in total. The predicted molar refractivity (Wildman–Crippen MR) is 255 cm³/mol. The number of nitrogens with zero attached hydrogens (tertiary/aromatic N) is 4. The SMILES string of the molecule is C=CCO[C@@]12Oc3ccc(OCc4cccc(C)n4)cc3[C@H]3[C@H](CCCCO)[C@@H](CCCCO)C=C(C(=NOCC)C[C@@H]1N(Cc1ccc4c(c1)OCO4)C(=O)C=Cc1ccc([N+](=O)[O-])cc1)[C@H]32. The molecule has 3 heterocycles. The molecule has 15 heteroatoms. The van der Waals surface area contributed by atoms with Gasteiger partial charge in [-0.15, -0.1) is 6.58 Å². The fourth-order valence-corrected chi connectivity index (χ4v) is 10.3. The monoisotopic (exact) mass is 928 g/mol. The van der Waals surface area contributed by atoms with Crippen molar-refractivity contribution in [2.75, 3.05) is 33.2 Å². The van der Waals surface area contributed by atoms with Crippen LogP contribution in [-0.2, 0) is 27.5 Å². The molecular formula is C53H60N4O11. The number of oxime groups is 1. The number of carbonyl (C=O) groups excluding carboxylic acids is 1. The van der Waals surface area contributed by atoms with Gasteiger partial charge in [0.25, 0.3) is 5.69 Å². The minimum Gasteiger partial charge on any atom is -0.487 e. The number of hydrogen-bond donors (Lipinski definition) is 2. The molecule has 68 heavy (non-hydrogen) atoms. The van der Waals surface area contributed by atoms with Gasteiger partial charge < -0.3 is 43.6 Å². The second-order valence-electron chi connectivity index (χ2n) is 17.6. The molecule has 4 aliphatic rings. The van der Waals surface area contributed by atoms with E-state index in [1.165, 1.54) is 18.2 Å². The molecule has 6 atom stereocenters. The third-order valence-corrected chi connectivity index (χ3v) is 13.3. The van der Waals surface area contributed by atoms with Gasteiger partial charge in [-0.25, -0.2) is 0 Å². The Morgan fingerprint density at radius 1 is 1.00 bits per heavy atom. The topological polar surface area (TPSA) is 185 Å². The maximum Gasteiger partial charge on any atom is 0.269 e. The van der Waals surface area contributed by atoms with Crippen LogP contribution in [0.2, 0.25) is 0 Å². The molecule has 0 bridgehead atoms. The van der Waals surface area contributed by atoms with Gasteiger partial charge in [0.15, 0.2) is 11.5 Å². The Bertz CT molecular complexity index is 2530. The second kappa shape index (κ2) is 22.0. The quantitative estimate of drug-likeness (QED) is 0.0251. The van der Waals surface area contributed by atoms with E-state index in [4.69, 9.17) is 33.7 Å². The van der Waals surface area contributed by atoms with E-state index < -0.39 is 22.7 Å². The highest BCUT2D eigenvalue weighted by atomic mass is 16.7. The van der Waals surface area contributed by atoms with Crippen LogP contribution in [0.4, 0.5) is 5.69 Å². The summed E-state index contributed by atoms with van der Waals surface area (Å²) in [4.78, 5) is 38.5. The minimum atomic E-state index is -1.52. The van der Waals surface area contributed by atoms with Gasteiger partial charge in [-0.05, 0) is 129 Å². The zero-order chi connectivity index (χ0) is 47.6. The molecule has 2 aliphatic heterocycles. The first-order valence-electron chi connectivity index (χ1n) is 23.5. The van der Waals surface area contributed by atoms with E-state index in [-0.39, 0.29) is 75.5 Å². The number of ether oxygens (including phenoxy) is 5. The zero-order valence-corrected chi connectivity index (χ0v) is 38.7. The molecule has 358 valence electrons. The average molecular weight is 929 g/mol. The van der Waals surface area contributed by atoms with Crippen LogP contribution >= 0.6 is 0 Å². The number of aliphatic hydroxyl groups is 2. The number of benzene rings is 3. The fourth-order valence-electron chi connectivity index (χ4n) is 10.3. The lowest BCUT2D eigenvalue weighted by Crippen LogP contribution is -2.70. The average Bonchev–Trinajstić information content (AvgIpc) is 3.82. The number of aliphatic hydroxyl groups excluding tert-OH is 2. The van der Waals surface area contributed by atoms with Crippen molar-refractivity contribution in [1.29, 1.82) is 0 Å². The summed E-state index contributed by atoms with van der Waals surface area (Å²) in [7, 11) is 0. The number of fused-ring (bicyclic) bond motifs is 3. The van der Waals surface area contributed by atoms with E-state index in [1.54, 1.807) is 29.2 Å². The summed E-state index contributed by atoms with van der Waals surface area (Å²) in [5.74, 6) is -0.257. The van der Waals surface area contributed by atoms with Crippen LogP contribution in [-0.4, -0.2) is 81.7 Å². The van der Waals surface area contributed by atoms with Gasteiger partial charge in [-0.3, -0.25) is 19.9 Å². The maximum absolute atomic E-state index is 15.2. The molecule has 1 saturated carbocycles. The lowest BCUT2D eigenvalue weighted by molar-refractivity contribution is -0.384. The van der Waals surface area contributed by atoms with Crippen molar-refractivity contribution in [3.63, 3.8) is 0 Å². The Labute approximate surface area is 396 Å². The van der Waals surface area contributed by atoms with Crippen LogP contribution in [0, 0.1) is 34.8 Å². The van der Waals surface area contributed by atoms with Crippen LogP contribution < -0.4 is 18.9 Å². The molecule has 8 rings (SSSR count). The Morgan fingerprint density at radius 3 is 2.53 bits per heavy atom. The van der Waals surface area contributed by atoms with Gasteiger partial charge in [-0.1, -0.05) is 42.3 Å². The smallest absolute Gasteiger partial charge is 0.269 e. The number of unbranched alkanes of at least 4 members (excludes halogenated alkanes) is 2. The van der Waals surface area contributed by atoms with Gasteiger partial charge >= 0.3 is 0 Å². The Morgan fingerprint density at radius 2 is 1.78 bits per heavy atom. The van der Waals surface area contributed by atoms with Crippen LogP contribution in [0.1, 0.15) is 85.9 Å². The summed E-state index contributed by atoms with van der Waals surface area (Å²) in [6, 6.07) is 22.5. The first kappa shape index (κ1) is 47.9. The van der Waals surface area contributed by atoms with E-state index in [2.05, 4.69) is 23.7 Å². The van der Waals surface area contributed by atoms with Crippen LogP contribution in [0.5, 0.6) is 23.0 Å². The molecule has 4 aromatic rings. The van der Waals surface area contributed by atoms with E-state index in [0.717, 1.165) is 53.8 Å². The summed E-state index contributed by atoms with van der Waals surface area (Å²) < 4.78 is 32.5. The molecule has 1 fully saturated rings. The standard InChI is InChI=1S/C53H60N4O11/c1-4-27-66-53-49(56(32-37-17-22-47-48(28-37)65-34-64-47)50(60)24-18-36-15-19-40(20-16-36)57(61)62)31-45(55-67-5-2)43-29-38(12-6-8-25-58)42(14-7-9-26-59)51(52(43)53)44-30-41(21-23-46(44)68-53)63-33-39-13-10-11-35(3)54-39/h4,10-11,13,15-24,28-30,38,42,49,51-52,58-59H,1,5-9,12,14,25-27,31-34H2,2-3H3/t38-,42+,49-,51+,52+,53+/m0/s1. The number of nitro groups is 1. The van der Waals surface area contributed by atoms with Gasteiger partial charge in [0.1, 0.15) is 30.8 Å². The van der Waals surface area contributed by atoms with Crippen molar-refractivity contribution in [2.24, 2.45) is 22.9 Å². The molecule has 0 saturated heterocycles. The summed E-state index contributed by atoms with van der Waals surface area (Å²) >= 11 is 0. The van der Waals surface area contributed by atoms with Crippen molar-refractivity contribution in [2.45, 2.75) is 89.7 Å². The highest BCUT2D eigenvalue weighted by Crippen LogP contribution is 2.62. The highest BCUT2D eigenvalue weighted by Gasteiger charge is 2.65. The van der Waals surface area contributed by atoms with Gasteiger partial charge in [0, 0.05) is 61.6 Å². The van der Waals surface area contributed by atoms with Crippen molar-refractivity contribution in [3.05, 3.63) is 147 Å². The number of nitro benzene ring substituents is 1. The molecular weight excluding hydrogens is 869 g/mol. The summed E-state index contributed by atoms with van der Waals surface area (Å²) in [5.41, 5.74) is 5.50. The van der Waals surface area contributed by atoms with E-state index in [9.17, 15) is 20.3 Å². The number of rotatable bonds is 22. The second-order valence-corrected chi connectivity index (χ2v) is 17.6. The number of carbonyl (C=O) groups is 1. The largest absolute Gasteiger partial charge is 0.487 e. The molecule has 1 amide bonds. The zero-order valence-electron chi connectivity index (χ0n) is 38.7. The third kappa shape index (κ3) is 10.4. The van der Waals surface area contributed by atoms with E-state index in [1.807, 2.05) is 62.4 Å². The Hall–Kier alpha value is -6.55. The maximum atomic E-state index is 15.2. The molecule has 2 aliphatic carbocycles. The molecule has 3 aromatic carbocycles. The summed E-state index contributed by atoms with van der Waals surface area (Å²) in [6.45, 7) is 8.86. The lowest BCUT2D eigenvalue weighted by atomic mass is 9.55. The number of allylic oxidation sites excluding steroid dienone is 1. The number of non-ortho nitro benzene ring substituents is 1. The number of amides is 1. The van der Waals surface area contributed by atoms with Crippen LogP contribution in [0.15, 0.2) is 114 Å². The van der Waals surface area contributed by atoms with Crippen molar-refractivity contribution < 1.29 is 48.5 Å². The Balaban J connectivity index is 1.31. The lowest BCUT2D eigenvalue weighted by Gasteiger charge is -2.60. The van der Waals surface area contributed by atoms with E-state index in [0.29, 0.717) is 53.7 Å². The van der Waals surface area contributed by atoms with Crippen molar-refractivity contribution in [3.8, 4) is 23.0 Å². The molecule has 0 unspecified atom stereocenters. The van der Waals surface area contributed by atoms with Crippen molar-refractivity contribution in [1.82, 2.24) is 9.88 Å². The van der Waals surface area contributed by atoms with Crippen LogP contribution in [0.3, 0.4) is 0 Å². The van der Waals surface area contributed by atoms with Crippen LogP contribution in [0.25, 0.3) is 6.08 Å². The first-order valence-corrected chi connectivity index (χ1v) is 23.5. The predicted octanol–water partition coefficient (Wildman–Crippen LogP) is 9.00. The summed E-state index contributed by atoms with van der Waals surface area (Å²) in [6.07, 6.45) is 11.7. The van der Waals surface area contributed by atoms with Gasteiger partial charge in [-0.2, -0.15) is 0 Å². The molecule has 1 aromatic heterocycles. The molecule has 0 radical (unpaired) electrons. The van der Waals surface area contributed by atoms with Gasteiger partial charge in [0.05, 0.1) is 28.9 Å². The van der Waals surface area contributed by atoms with E-state index >= 15 is 4.79 Å². The number of aryl methyl sites for hydroxylation is 1. The van der Waals surface area contributed by atoms with Gasteiger partial charge in [0.2, 0.25) is 18.5 Å². The third-order valence-electron chi connectivity index (χ3n) is 13.3. The molecule has 15 nitrogen and oxygen atoms in total. The fraction of sp³-hybridized carbons (Fsp3) is 0.415. The highest BCUT2D eigenvalue weighted by molar-refractivity contribution is 6.03. The Kier molecular flexibility index (Phi) is 15.5. The molecule has 0 spiro atoms. The number of aromatic nitrogens is 1. The first-order chi connectivity index (χ1) is 33.2. The normalized spacial score (nSPS) is 22.7.